The number of halogens is 2. The second-order valence-corrected chi connectivity index (χ2v) is 10.5. The van der Waals surface area contributed by atoms with E-state index in [4.69, 9.17) is 23.2 Å². The SMILES string of the molecule is CCCNC(=O)C(Cc1ccccc1)N(Cc1ccc(C)cc1)C(=O)CSCc1ccc(Cl)c(Cl)c1. The van der Waals surface area contributed by atoms with E-state index >= 15 is 0 Å². The fraction of sp³-hybridized carbons (Fsp3) is 0.310. The van der Waals surface area contributed by atoms with Crippen LogP contribution in [0.4, 0.5) is 0 Å². The summed E-state index contributed by atoms with van der Waals surface area (Å²) >= 11 is 13.7. The summed E-state index contributed by atoms with van der Waals surface area (Å²) in [6.07, 6.45) is 1.28. The van der Waals surface area contributed by atoms with Gasteiger partial charge in [-0.2, -0.15) is 0 Å². The van der Waals surface area contributed by atoms with Crippen LogP contribution in [0.15, 0.2) is 72.8 Å². The molecule has 0 spiro atoms. The van der Waals surface area contributed by atoms with E-state index in [-0.39, 0.29) is 17.6 Å². The lowest BCUT2D eigenvalue weighted by Gasteiger charge is -2.31. The van der Waals surface area contributed by atoms with E-state index in [2.05, 4.69) is 5.32 Å². The van der Waals surface area contributed by atoms with Crippen molar-refractivity contribution in [2.24, 2.45) is 0 Å². The van der Waals surface area contributed by atoms with Crippen LogP contribution in [-0.4, -0.2) is 35.1 Å². The van der Waals surface area contributed by atoms with E-state index in [1.165, 1.54) is 11.8 Å². The fourth-order valence-corrected chi connectivity index (χ4v) is 4.96. The zero-order valence-electron chi connectivity index (χ0n) is 20.7. The highest BCUT2D eigenvalue weighted by Crippen LogP contribution is 2.25. The Balaban J connectivity index is 1.82. The standard InChI is InChI=1S/C29H32Cl2N2O2S/c1-3-15-32-29(35)27(17-22-7-5-4-6-8-22)33(18-23-11-9-21(2)10-12-23)28(34)20-36-19-24-13-14-25(30)26(31)16-24/h4-14,16,27H,3,15,17-20H2,1-2H3,(H,32,35). The van der Waals surface area contributed by atoms with Gasteiger partial charge in [0, 0.05) is 25.3 Å². The molecule has 1 N–H and O–H groups in total. The molecule has 3 aromatic rings. The maximum Gasteiger partial charge on any atom is 0.243 e. The number of benzene rings is 3. The predicted octanol–water partition coefficient (Wildman–Crippen LogP) is 6.70. The summed E-state index contributed by atoms with van der Waals surface area (Å²) in [5.41, 5.74) is 4.15. The van der Waals surface area contributed by atoms with Crippen molar-refractivity contribution in [2.45, 2.75) is 45.0 Å². The molecule has 0 saturated carbocycles. The molecule has 3 aromatic carbocycles. The van der Waals surface area contributed by atoms with Gasteiger partial charge in [0.1, 0.15) is 6.04 Å². The zero-order chi connectivity index (χ0) is 25.9. The van der Waals surface area contributed by atoms with Crippen molar-refractivity contribution in [3.05, 3.63) is 105 Å². The number of carbonyl (C=O) groups is 2. The topological polar surface area (TPSA) is 49.4 Å². The fourth-order valence-electron chi connectivity index (χ4n) is 3.78. The van der Waals surface area contributed by atoms with Crippen molar-refractivity contribution >= 4 is 46.8 Å². The molecule has 0 bridgehead atoms. The summed E-state index contributed by atoms with van der Waals surface area (Å²) in [6, 6.07) is 22.8. The van der Waals surface area contributed by atoms with Gasteiger partial charge in [0.05, 0.1) is 15.8 Å². The molecule has 0 aliphatic carbocycles. The van der Waals surface area contributed by atoms with Crippen molar-refractivity contribution in [2.75, 3.05) is 12.3 Å². The molecule has 0 radical (unpaired) electrons. The molecular formula is C29H32Cl2N2O2S. The largest absolute Gasteiger partial charge is 0.354 e. The van der Waals surface area contributed by atoms with E-state index < -0.39 is 6.04 Å². The Morgan fingerprint density at radius 1 is 0.917 bits per heavy atom. The Hall–Kier alpha value is -2.47. The van der Waals surface area contributed by atoms with Gasteiger partial charge in [0.2, 0.25) is 11.8 Å². The average Bonchev–Trinajstić information content (AvgIpc) is 2.88. The average molecular weight is 544 g/mol. The van der Waals surface area contributed by atoms with Gasteiger partial charge in [0.15, 0.2) is 0 Å². The summed E-state index contributed by atoms with van der Waals surface area (Å²) in [4.78, 5) is 28.7. The normalized spacial score (nSPS) is 11.7. The van der Waals surface area contributed by atoms with Gasteiger partial charge >= 0.3 is 0 Å². The first-order valence-corrected chi connectivity index (χ1v) is 14.0. The van der Waals surface area contributed by atoms with Crippen LogP contribution >= 0.6 is 35.0 Å². The van der Waals surface area contributed by atoms with Gasteiger partial charge in [0.25, 0.3) is 0 Å². The first-order chi connectivity index (χ1) is 17.4. The molecule has 3 rings (SSSR count). The van der Waals surface area contributed by atoms with Crippen molar-refractivity contribution in [1.29, 1.82) is 0 Å². The van der Waals surface area contributed by atoms with Crippen LogP contribution in [0.2, 0.25) is 10.0 Å². The summed E-state index contributed by atoms with van der Waals surface area (Å²) < 4.78 is 0. The van der Waals surface area contributed by atoms with Crippen LogP contribution in [0.5, 0.6) is 0 Å². The van der Waals surface area contributed by atoms with Crippen molar-refractivity contribution in [1.82, 2.24) is 10.2 Å². The Morgan fingerprint density at radius 2 is 1.61 bits per heavy atom. The number of nitrogens with zero attached hydrogens (tertiary/aromatic N) is 1. The molecule has 1 unspecified atom stereocenters. The highest BCUT2D eigenvalue weighted by molar-refractivity contribution is 7.99. The number of hydrogen-bond acceptors (Lipinski definition) is 3. The first-order valence-electron chi connectivity index (χ1n) is 12.1. The van der Waals surface area contributed by atoms with E-state index in [0.29, 0.717) is 35.3 Å². The number of nitrogens with one attached hydrogen (secondary N) is 1. The van der Waals surface area contributed by atoms with Gasteiger partial charge < -0.3 is 10.2 Å². The van der Waals surface area contributed by atoms with Gasteiger partial charge in [-0.1, -0.05) is 96.4 Å². The molecule has 0 heterocycles. The van der Waals surface area contributed by atoms with Crippen molar-refractivity contribution in [3.63, 3.8) is 0 Å². The van der Waals surface area contributed by atoms with Crippen LogP contribution in [0.25, 0.3) is 0 Å². The van der Waals surface area contributed by atoms with Crippen LogP contribution in [-0.2, 0) is 28.3 Å². The highest BCUT2D eigenvalue weighted by Gasteiger charge is 2.30. The van der Waals surface area contributed by atoms with Crippen LogP contribution in [0.1, 0.15) is 35.6 Å². The second kappa shape index (κ2) is 14.3. The zero-order valence-corrected chi connectivity index (χ0v) is 23.0. The summed E-state index contributed by atoms with van der Waals surface area (Å²) in [6.45, 7) is 4.98. The summed E-state index contributed by atoms with van der Waals surface area (Å²) in [5, 5.41) is 4.01. The van der Waals surface area contributed by atoms with Crippen LogP contribution < -0.4 is 5.32 Å². The number of rotatable bonds is 12. The quantitative estimate of drug-likeness (QED) is 0.277. The van der Waals surface area contributed by atoms with E-state index in [9.17, 15) is 9.59 Å². The molecule has 2 amide bonds. The molecule has 0 fully saturated rings. The van der Waals surface area contributed by atoms with Crippen molar-refractivity contribution in [3.8, 4) is 0 Å². The Labute approximate surface area is 228 Å². The predicted molar refractivity (Wildman–Crippen MR) is 152 cm³/mol. The third-order valence-corrected chi connectivity index (χ3v) is 7.50. The van der Waals surface area contributed by atoms with E-state index in [0.717, 1.165) is 28.7 Å². The minimum atomic E-state index is -0.613. The summed E-state index contributed by atoms with van der Waals surface area (Å²) in [5.74, 6) is 0.661. The molecule has 36 heavy (non-hydrogen) atoms. The molecule has 7 heteroatoms. The summed E-state index contributed by atoms with van der Waals surface area (Å²) in [7, 11) is 0. The smallest absolute Gasteiger partial charge is 0.243 e. The third-order valence-electron chi connectivity index (χ3n) is 5.77. The van der Waals surface area contributed by atoms with E-state index in [1.54, 1.807) is 11.0 Å². The lowest BCUT2D eigenvalue weighted by Crippen LogP contribution is -2.51. The molecule has 0 aliphatic heterocycles. The molecule has 190 valence electrons. The molecule has 4 nitrogen and oxygen atoms in total. The maximum absolute atomic E-state index is 13.6. The third kappa shape index (κ3) is 8.58. The Morgan fingerprint density at radius 3 is 2.28 bits per heavy atom. The number of carbonyl (C=O) groups excluding carboxylic acids is 2. The lowest BCUT2D eigenvalue weighted by molar-refractivity contribution is -0.139. The van der Waals surface area contributed by atoms with Gasteiger partial charge in [-0.25, -0.2) is 0 Å². The first kappa shape index (κ1) is 28.1. The van der Waals surface area contributed by atoms with Crippen LogP contribution in [0.3, 0.4) is 0 Å². The molecule has 1 atom stereocenters. The minimum Gasteiger partial charge on any atom is -0.354 e. The second-order valence-electron chi connectivity index (χ2n) is 8.75. The molecule has 0 saturated heterocycles. The molecule has 0 aromatic heterocycles. The lowest BCUT2D eigenvalue weighted by atomic mass is 10.0. The van der Waals surface area contributed by atoms with Crippen LogP contribution in [0, 0.1) is 6.92 Å². The molecule has 0 aliphatic rings. The Kier molecular flexibility index (Phi) is 11.2. The number of thioether (sulfide) groups is 1. The maximum atomic E-state index is 13.6. The van der Waals surface area contributed by atoms with Gasteiger partial charge in [-0.3, -0.25) is 9.59 Å². The van der Waals surface area contributed by atoms with Gasteiger partial charge in [-0.05, 0) is 42.2 Å². The Bertz CT molecular complexity index is 1140. The van der Waals surface area contributed by atoms with E-state index in [1.807, 2.05) is 80.6 Å². The minimum absolute atomic E-state index is 0.0757. The number of amides is 2. The number of hydrogen-bond donors (Lipinski definition) is 1. The molecular weight excluding hydrogens is 511 g/mol. The monoisotopic (exact) mass is 542 g/mol. The highest BCUT2D eigenvalue weighted by atomic mass is 35.5. The van der Waals surface area contributed by atoms with Gasteiger partial charge in [-0.15, -0.1) is 11.8 Å². The number of aryl methyl sites for hydroxylation is 1. The van der Waals surface area contributed by atoms with Crippen molar-refractivity contribution < 1.29 is 9.59 Å².